The summed E-state index contributed by atoms with van der Waals surface area (Å²) in [6.07, 6.45) is -4.62. The van der Waals surface area contributed by atoms with Crippen molar-refractivity contribution < 1.29 is 18.0 Å². The average molecular weight is 311 g/mol. The minimum absolute atomic E-state index is 0.156. The van der Waals surface area contributed by atoms with Crippen LogP contribution < -0.4 is 10.6 Å². The molecule has 9 heteroatoms. The van der Waals surface area contributed by atoms with Gasteiger partial charge in [0.1, 0.15) is 5.82 Å². The Morgan fingerprint density at radius 1 is 1.40 bits per heavy atom. The van der Waals surface area contributed by atoms with Crippen LogP contribution in [0.5, 0.6) is 0 Å². The second kappa shape index (κ2) is 6.74. The third-order valence-electron chi connectivity index (χ3n) is 2.13. The molecule has 112 valence electrons. The zero-order valence-corrected chi connectivity index (χ0v) is 11.6. The standard InChI is InChI=1S/C11H14ClF3N4O/c1-6(2)4-17-9(20)5-16-8-3-7(11(13,14)15)18-10(12)19-8/h3,6H,4-5H2,1-2H3,(H,17,20)(H,16,18,19). The Kier molecular flexibility index (Phi) is 5.55. The molecule has 0 radical (unpaired) electrons. The van der Waals surface area contributed by atoms with Crippen molar-refractivity contribution in [1.82, 2.24) is 15.3 Å². The number of carbonyl (C=O) groups excluding carboxylic acids is 1. The lowest BCUT2D eigenvalue weighted by Crippen LogP contribution is -2.32. The fourth-order valence-corrected chi connectivity index (χ4v) is 1.39. The van der Waals surface area contributed by atoms with E-state index < -0.39 is 17.2 Å². The molecule has 0 aliphatic rings. The molecule has 0 aromatic carbocycles. The number of hydrogen-bond donors (Lipinski definition) is 2. The van der Waals surface area contributed by atoms with Crippen molar-refractivity contribution in [3.8, 4) is 0 Å². The van der Waals surface area contributed by atoms with Gasteiger partial charge in [0.25, 0.3) is 0 Å². The van der Waals surface area contributed by atoms with Crippen molar-refractivity contribution in [2.45, 2.75) is 20.0 Å². The number of alkyl halides is 3. The van der Waals surface area contributed by atoms with Gasteiger partial charge < -0.3 is 10.6 Å². The monoisotopic (exact) mass is 310 g/mol. The molecule has 0 atom stereocenters. The van der Waals surface area contributed by atoms with Crippen LogP contribution in [-0.4, -0.2) is 29.0 Å². The lowest BCUT2D eigenvalue weighted by Gasteiger charge is -2.11. The number of aromatic nitrogens is 2. The zero-order chi connectivity index (χ0) is 15.3. The van der Waals surface area contributed by atoms with E-state index in [4.69, 9.17) is 11.6 Å². The molecule has 20 heavy (non-hydrogen) atoms. The van der Waals surface area contributed by atoms with Gasteiger partial charge in [-0.3, -0.25) is 4.79 Å². The molecule has 2 N–H and O–H groups in total. The number of nitrogens with zero attached hydrogens (tertiary/aromatic N) is 2. The maximum Gasteiger partial charge on any atom is 0.433 e. The summed E-state index contributed by atoms with van der Waals surface area (Å²) in [5.74, 6) is -0.219. The van der Waals surface area contributed by atoms with Crippen LogP contribution in [-0.2, 0) is 11.0 Å². The van der Waals surface area contributed by atoms with Crippen LogP contribution in [0.3, 0.4) is 0 Å². The van der Waals surface area contributed by atoms with Crippen molar-refractivity contribution in [2.24, 2.45) is 5.92 Å². The molecule has 1 amide bonds. The van der Waals surface area contributed by atoms with Crippen LogP contribution in [0, 0.1) is 5.92 Å². The highest BCUT2D eigenvalue weighted by Gasteiger charge is 2.33. The smallest absolute Gasteiger partial charge is 0.361 e. The summed E-state index contributed by atoms with van der Waals surface area (Å²) in [6, 6.07) is 0.696. The Morgan fingerprint density at radius 2 is 2.05 bits per heavy atom. The average Bonchev–Trinajstić information content (AvgIpc) is 2.32. The SMILES string of the molecule is CC(C)CNC(=O)CNc1cc(C(F)(F)F)nc(Cl)n1. The second-order valence-corrected chi connectivity index (χ2v) is 4.79. The van der Waals surface area contributed by atoms with Crippen molar-refractivity contribution in [2.75, 3.05) is 18.4 Å². The molecule has 0 fully saturated rings. The van der Waals surface area contributed by atoms with Crippen LogP contribution in [0.2, 0.25) is 5.28 Å². The number of hydrogen-bond acceptors (Lipinski definition) is 4. The van der Waals surface area contributed by atoms with Gasteiger partial charge in [-0.25, -0.2) is 9.97 Å². The predicted molar refractivity (Wildman–Crippen MR) is 68.4 cm³/mol. The van der Waals surface area contributed by atoms with E-state index in [0.29, 0.717) is 12.6 Å². The molecule has 1 aromatic rings. The summed E-state index contributed by atoms with van der Waals surface area (Å²) >= 11 is 5.41. The fourth-order valence-electron chi connectivity index (χ4n) is 1.20. The molecular weight excluding hydrogens is 297 g/mol. The third-order valence-corrected chi connectivity index (χ3v) is 2.30. The molecule has 0 saturated heterocycles. The van der Waals surface area contributed by atoms with E-state index in [1.807, 2.05) is 13.8 Å². The minimum atomic E-state index is -4.62. The molecular formula is C11H14ClF3N4O. The summed E-state index contributed by atoms with van der Waals surface area (Å²) in [5, 5.41) is 4.55. The number of nitrogens with one attached hydrogen (secondary N) is 2. The Balaban J connectivity index is 2.64. The molecule has 1 rings (SSSR count). The van der Waals surface area contributed by atoms with E-state index in [-0.39, 0.29) is 24.2 Å². The Labute approximate surface area is 118 Å². The Bertz CT molecular complexity index is 479. The summed E-state index contributed by atoms with van der Waals surface area (Å²) in [5.41, 5.74) is -1.16. The van der Waals surface area contributed by atoms with Gasteiger partial charge in [0.05, 0.1) is 6.54 Å². The van der Waals surface area contributed by atoms with Gasteiger partial charge in [-0.2, -0.15) is 13.2 Å². The van der Waals surface area contributed by atoms with Gasteiger partial charge in [-0.1, -0.05) is 13.8 Å². The van der Waals surface area contributed by atoms with Crippen molar-refractivity contribution in [3.63, 3.8) is 0 Å². The molecule has 0 bridgehead atoms. The van der Waals surface area contributed by atoms with Gasteiger partial charge in [0.2, 0.25) is 11.2 Å². The van der Waals surface area contributed by atoms with Gasteiger partial charge in [0.15, 0.2) is 5.69 Å². The zero-order valence-electron chi connectivity index (χ0n) is 10.9. The largest absolute Gasteiger partial charge is 0.433 e. The van der Waals surface area contributed by atoms with Crippen LogP contribution in [0.15, 0.2) is 6.07 Å². The highest BCUT2D eigenvalue weighted by molar-refractivity contribution is 6.28. The molecule has 0 saturated carbocycles. The van der Waals surface area contributed by atoms with E-state index in [9.17, 15) is 18.0 Å². The number of rotatable bonds is 5. The van der Waals surface area contributed by atoms with Gasteiger partial charge in [0, 0.05) is 12.6 Å². The second-order valence-electron chi connectivity index (χ2n) is 4.46. The van der Waals surface area contributed by atoms with Gasteiger partial charge in [-0.15, -0.1) is 0 Å². The van der Waals surface area contributed by atoms with Crippen molar-refractivity contribution in [1.29, 1.82) is 0 Å². The lowest BCUT2D eigenvalue weighted by atomic mass is 10.2. The van der Waals surface area contributed by atoms with E-state index >= 15 is 0 Å². The van der Waals surface area contributed by atoms with Crippen LogP contribution >= 0.6 is 11.6 Å². The van der Waals surface area contributed by atoms with E-state index in [2.05, 4.69) is 20.6 Å². The number of halogens is 4. The van der Waals surface area contributed by atoms with Crippen molar-refractivity contribution in [3.05, 3.63) is 17.0 Å². The highest BCUT2D eigenvalue weighted by atomic mass is 35.5. The molecule has 5 nitrogen and oxygen atoms in total. The normalized spacial score (nSPS) is 11.6. The number of amides is 1. The molecule has 0 spiro atoms. The quantitative estimate of drug-likeness (QED) is 0.819. The van der Waals surface area contributed by atoms with E-state index in [1.165, 1.54) is 0 Å². The van der Waals surface area contributed by atoms with E-state index in [1.54, 1.807) is 0 Å². The molecule has 0 unspecified atom stereocenters. The van der Waals surface area contributed by atoms with Crippen LogP contribution in [0.4, 0.5) is 19.0 Å². The summed E-state index contributed by atoms with van der Waals surface area (Å²) in [6.45, 7) is 4.14. The maximum atomic E-state index is 12.5. The van der Waals surface area contributed by atoms with Crippen LogP contribution in [0.25, 0.3) is 0 Å². The van der Waals surface area contributed by atoms with E-state index in [0.717, 1.165) is 0 Å². The van der Waals surface area contributed by atoms with Crippen LogP contribution in [0.1, 0.15) is 19.5 Å². The fraction of sp³-hybridized carbons (Fsp3) is 0.545. The first-order chi connectivity index (χ1) is 9.18. The molecule has 1 heterocycles. The van der Waals surface area contributed by atoms with Crippen molar-refractivity contribution >= 4 is 23.3 Å². The minimum Gasteiger partial charge on any atom is -0.361 e. The summed E-state index contributed by atoms with van der Waals surface area (Å²) in [4.78, 5) is 18.1. The highest BCUT2D eigenvalue weighted by Crippen LogP contribution is 2.29. The first kappa shape index (κ1) is 16.5. The topological polar surface area (TPSA) is 66.9 Å². The first-order valence-electron chi connectivity index (χ1n) is 5.81. The Morgan fingerprint density at radius 3 is 2.60 bits per heavy atom. The van der Waals surface area contributed by atoms with Gasteiger partial charge >= 0.3 is 6.18 Å². The molecule has 0 aliphatic heterocycles. The van der Waals surface area contributed by atoms with Gasteiger partial charge in [-0.05, 0) is 17.5 Å². The lowest BCUT2D eigenvalue weighted by molar-refractivity contribution is -0.141. The number of carbonyl (C=O) groups is 1. The summed E-state index contributed by atoms with van der Waals surface area (Å²) in [7, 11) is 0. The molecule has 0 aliphatic carbocycles. The first-order valence-corrected chi connectivity index (χ1v) is 6.18. The predicted octanol–water partition coefficient (Wildman–Crippen LogP) is 2.33. The maximum absolute atomic E-state index is 12.5. The third kappa shape index (κ3) is 5.60. The summed E-state index contributed by atoms with van der Waals surface area (Å²) < 4.78 is 37.5. The molecule has 1 aromatic heterocycles. The Hall–Kier alpha value is -1.57. The number of anilines is 1.